The average molecular weight is 309 g/mol. The molecule has 0 saturated heterocycles. The van der Waals surface area contributed by atoms with Gasteiger partial charge in [-0.2, -0.15) is 0 Å². The van der Waals surface area contributed by atoms with Crippen LogP contribution in [0.5, 0.6) is 0 Å². The SMILES string of the molecule is CC(CCCNC(=O)c1cc2ccc(F)cc2s1)C(=O)O. The summed E-state index contributed by atoms with van der Waals surface area (Å²) in [6.45, 7) is 2.07. The molecule has 0 fully saturated rings. The number of carbonyl (C=O) groups is 2. The second-order valence-corrected chi connectivity index (χ2v) is 6.01. The Morgan fingerprint density at radius 2 is 2.14 bits per heavy atom. The number of amides is 1. The zero-order valence-corrected chi connectivity index (χ0v) is 12.4. The molecule has 0 aliphatic carbocycles. The summed E-state index contributed by atoms with van der Waals surface area (Å²) in [4.78, 5) is 23.2. The van der Waals surface area contributed by atoms with Crippen LogP contribution in [-0.2, 0) is 4.79 Å². The number of thiophene rings is 1. The van der Waals surface area contributed by atoms with E-state index in [1.54, 1.807) is 19.1 Å². The Morgan fingerprint density at radius 3 is 2.86 bits per heavy atom. The Morgan fingerprint density at radius 1 is 1.38 bits per heavy atom. The number of fused-ring (bicyclic) bond motifs is 1. The Hall–Kier alpha value is -1.95. The van der Waals surface area contributed by atoms with Crippen LogP contribution in [0.3, 0.4) is 0 Å². The number of carboxylic acids is 1. The van der Waals surface area contributed by atoms with Crippen LogP contribution in [0.4, 0.5) is 4.39 Å². The maximum Gasteiger partial charge on any atom is 0.306 e. The van der Waals surface area contributed by atoms with Crippen molar-refractivity contribution in [1.29, 1.82) is 0 Å². The largest absolute Gasteiger partial charge is 0.481 e. The second kappa shape index (κ2) is 6.67. The van der Waals surface area contributed by atoms with Gasteiger partial charge < -0.3 is 10.4 Å². The van der Waals surface area contributed by atoms with Crippen molar-refractivity contribution in [1.82, 2.24) is 5.32 Å². The molecule has 0 spiro atoms. The van der Waals surface area contributed by atoms with Gasteiger partial charge in [0, 0.05) is 11.2 Å². The minimum atomic E-state index is -0.826. The van der Waals surface area contributed by atoms with Gasteiger partial charge >= 0.3 is 5.97 Å². The smallest absolute Gasteiger partial charge is 0.306 e. The zero-order chi connectivity index (χ0) is 15.4. The van der Waals surface area contributed by atoms with E-state index in [1.165, 1.54) is 23.5 Å². The van der Waals surface area contributed by atoms with Gasteiger partial charge in [0.05, 0.1) is 10.8 Å². The molecule has 0 radical (unpaired) electrons. The summed E-state index contributed by atoms with van der Waals surface area (Å²) in [5.74, 6) is -1.76. The summed E-state index contributed by atoms with van der Waals surface area (Å²) in [5.41, 5.74) is 0. The molecule has 6 heteroatoms. The normalized spacial score (nSPS) is 12.3. The summed E-state index contributed by atoms with van der Waals surface area (Å²) in [6.07, 6.45) is 1.13. The van der Waals surface area contributed by atoms with E-state index in [4.69, 9.17) is 5.11 Å². The van der Waals surface area contributed by atoms with Gasteiger partial charge in [0.25, 0.3) is 5.91 Å². The van der Waals surface area contributed by atoms with Gasteiger partial charge in [0.1, 0.15) is 5.82 Å². The monoisotopic (exact) mass is 309 g/mol. The molecule has 21 heavy (non-hydrogen) atoms. The molecule has 1 aromatic heterocycles. The number of rotatable bonds is 6. The zero-order valence-electron chi connectivity index (χ0n) is 11.6. The molecule has 112 valence electrons. The van der Waals surface area contributed by atoms with Crippen molar-refractivity contribution in [2.45, 2.75) is 19.8 Å². The minimum absolute atomic E-state index is 0.209. The lowest BCUT2D eigenvalue weighted by Crippen LogP contribution is -2.24. The van der Waals surface area contributed by atoms with Gasteiger partial charge in [-0.25, -0.2) is 4.39 Å². The highest BCUT2D eigenvalue weighted by Gasteiger charge is 2.12. The minimum Gasteiger partial charge on any atom is -0.481 e. The van der Waals surface area contributed by atoms with Gasteiger partial charge in [-0.15, -0.1) is 11.3 Å². The van der Waals surface area contributed by atoms with Crippen LogP contribution < -0.4 is 5.32 Å². The molecule has 0 aliphatic heterocycles. The van der Waals surface area contributed by atoms with E-state index < -0.39 is 11.9 Å². The second-order valence-electron chi connectivity index (χ2n) is 4.93. The molecule has 1 amide bonds. The highest BCUT2D eigenvalue weighted by atomic mass is 32.1. The van der Waals surface area contributed by atoms with Crippen LogP contribution in [0.15, 0.2) is 24.3 Å². The van der Waals surface area contributed by atoms with Crippen LogP contribution in [-0.4, -0.2) is 23.5 Å². The standard InChI is InChI=1S/C15H16FNO3S/c1-9(15(19)20)3-2-6-17-14(18)13-7-10-4-5-11(16)8-12(10)21-13/h4-5,7-9H,2-3,6H2,1H3,(H,17,18)(H,19,20). The fraction of sp³-hybridized carbons (Fsp3) is 0.333. The van der Waals surface area contributed by atoms with E-state index in [-0.39, 0.29) is 11.7 Å². The maximum absolute atomic E-state index is 13.1. The van der Waals surface area contributed by atoms with Crippen LogP contribution in [0.1, 0.15) is 29.4 Å². The van der Waals surface area contributed by atoms with Crippen LogP contribution in [0.2, 0.25) is 0 Å². The summed E-state index contributed by atoms with van der Waals surface area (Å²) in [6, 6.07) is 6.15. The number of carboxylic acid groups (broad SMARTS) is 1. The van der Waals surface area contributed by atoms with Crippen LogP contribution >= 0.6 is 11.3 Å². The molecule has 1 unspecified atom stereocenters. The first-order chi connectivity index (χ1) is 9.97. The Bertz CT molecular complexity index is 668. The lowest BCUT2D eigenvalue weighted by Gasteiger charge is -2.06. The van der Waals surface area contributed by atoms with E-state index >= 15 is 0 Å². The molecular weight excluding hydrogens is 293 g/mol. The predicted octanol–water partition coefficient (Wildman–Crippen LogP) is 3.27. The third kappa shape index (κ3) is 4.01. The number of halogens is 1. The van der Waals surface area contributed by atoms with Crippen molar-refractivity contribution in [2.24, 2.45) is 5.92 Å². The first-order valence-electron chi connectivity index (χ1n) is 6.67. The molecule has 4 nitrogen and oxygen atoms in total. The molecule has 1 aromatic carbocycles. The van der Waals surface area contributed by atoms with Crippen molar-refractivity contribution in [3.63, 3.8) is 0 Å². The average Bonchev–Trinajstić information content (AvgIpc) is 2.85. The van der Waals surface area contributed by atoms with Gasteiger partial charge in [-0.3, -0.25) is 9.59 Å². The number of benzene rings is 1. The quantitative estimate of drug-likeness (QED) is 0.805. The molecule has 2 aromatic rings. The maximum atomic E-state index is 13.1. The first-order valence-corrected chi connectivity index (χ1v) is 7.49. The number of aliphatic carboxylic acids is 1. The van der Waals surface area contributed by atoms with E-state index in [1.807, 2.05) is 0 Å². The Balaban J connectivity index is 1.89. The topological polar surface area (TPSA) is 66.4 Å². The number of nitrogens with one attached hydrogen (secondary N) is 1. The van der Waals surface area contributed by atoms with E-state index in [2.05, 4.69) is 5.32 Å². The van der Waals surface area contributed by atoms with Crippen molar-refractivity contribution in [3.05, 3.63) is 35.0 Å². The Labute approximate surface area is 125 Å². The van der Waals surface area contributed by atoms with Crippen molar-refractivity contribution in [2.75, 3.05) is 6.54 Å². The molecule has 1 heterocycles. The number of hydrogen-bond donors (Lipinski definition) is 2. The molecular formula is C15H16FNO3S. The molecule has 2 rings (SSSR count). The Kier molecular flexibility index (Phi) is 4.90. The van der Waals surface area contributed by atoms with Gasteiger partial charge in [-0.1, -0.05) is 13.0 Å². The highest BCUT2D eigenvalue weighted by Crippen LogP contribution is 2.26. The fourth-order valence-electron chi connectivity index (χ4n) is 1.94. The van der Waals surface area contributed by atoms with E-state index in [0.717, 1.165) is 10.1 Å². The van der Waals surface area contributed by atoms with Gasteiger partial charge in [-0.05, 0) is 36.4 Å². The molecule has 0 bridgehead atoms. The van der Waals surface area contributed by atoms with Crippen molar-refractivity contribution in [3.8, 4) is 0 Å². The van der Waals surface area contributed by atoms with Crippen molar-refractivity contribution < 1.29 is 19.1 Å². The van der Waals surface area contributed by atoms with Crippen LogP contribution in [0.25, 0.3) is 10.1 Å². The summed E-state index contributed by atoms with van der Waals surface area (Å²) in [7, 11) is 0. The summed E-state index contributed by atoms with van der Waals surface area (Å²) in [5, 5.41) is 12.3. The van der Waals surface area contributed by atoms with Crippen molar-refractivity contribution >= 4 is 33.3 Å². The van der Waals surface area contributed by atoms with Gasteiger partial charge in [0.2, 0.25) is 0 Å². The lowest BCUT2D eigenvalue weighted by atomic mass is 10.1. The highest BCUT2D eigenvalue weighted by molar-refractivity contribution is 7.20. The first kappa shape index (κ1) is 15.4. The van der Waals surface area contributed by atoms with Gasteiger partial charge in [0.15, 0.2) is 0 Å². The lowest BCUT2D eigenvalue weighted by molar-refractivity contribution is -0.141. The summed E-state index contributed by atoms with van der Waals surface area (Å²) < 4.78 is 13.8. The molecule has 2 N–H and O–H groups in total. The fourth-order valence-corrected chi connectivity index (χ4v) is 2.94. The number of hydrogen-bond acceptors (Lipinski definition) is 3. The summed E-state index contributed by atoms with van der Waals surface area (Å²) >= 11 is 1.24. The van der Waals surface area contributed by atoms with E-state index in [0.29, 0.717) is 24.3 Å². The van der Waals surface area contributed by atoms with Crippen LogP contribution in [0, 0.1) is 11.7 Å². The predicted molar refractivity (Wildman–Crippen MR) is 80.2 cm³/mol. The molecule has 1 atom stereocenters. The molecule has 0 aliphatic rings. The third-order valence-electron chi connectivity index (χ3n) is 3.23. The number of carbonyl (C=O) groups excluding carboxylic acids is 1. The van der Waals surface area contributed by atoms with E-state index in [9.17, 15) is 14.0 Å². The molecule has 0 saturated carbocycles. The third-order valence-corrected chi connectivity index (χ3v) is 4.32.